The molecular formula is C14H20IN3O. The van der Waals surface area contributed by atoms with Crippen LogP contribution in [0.1, 0.15) is 10.4 Å². The molecule has 1 aliphatic heterocycles. The van der Waals surface area contributed by atoms with E-state index >= 15 is 0 Å². The van der Waals surface area contributed by atoms with Gasteiger partial charge >= 0.3 is 0 Å². The standard InChI is InChI=1S/C14H20IN3O/c1-17-8-10-18(11-9-17)7-6-16-14(19)12-2-4-13(15)5-3-12/h2-5H,6-11H2,1H3,(H,16,19). The molecule has 104 valence electrons. The van der Waals surface area contributed by atoms with Gasteiger partial charge in [0.2, 0.25) is 0 Å². The van der Waals surface area contributed by atoms with Crippen molar-refractivity contribution in [2.24, 2.45) is 0 Å². The second kappa shape index (κ2) is 7.21. The Morgan fingerprint density at radius 2 is 1.84 bits per heavy atom. The summed E-state index contributed by atoms with van der Waals surface area (Å²) in [5, 5.41) is 2.98. The maximum absolute atomic E-state index is 11.9. The highest BCUT2D eigenvalue weighted by atomic mass is 127. The number of benzene rings is 1. The molecule has 0 atom stereocenters. The molecule has 1 heterocycles. The van der Waals surface area contributed by atoms with E-state index in [0.29, 0.717) is 6.54 Å². The van der Waals surface area contributed by atoms with Gasteiger partial charge in [-0.3, -0.25) is 9.69 Å². The number of carbonyl (C=O) groups excluding carboxylic acids is 1. The highest BCUT2D eigenvalue weighted by molar-refractivity contribution is 14.1. The number of hydrogen-bond donors (Lipinski definition) is 1. The first-order valence-electron chi connectivity index (χ1n) is 6.60. The zero-order valence-electron chi connectivity index (χ0n) is 11.2. The van der Waals surface area contributed by atoms with E-state index in [0.717, 1.165) is 41.9 Å². The van der Waals surface area contributed by atoms with Gasteiger partial charge in [0.1, 0.15) is 0 Å². The molecule has 1 aromatic carbocycles. The lowest BCUT2D eigenvalue weighted by Crippen LogP contribution is -2.46. The first-order valence-corrected chi connectivity index (χ1v) is 7.68. The number of piperazine rings is 1. The number of carbonyl (C=O) groups is 1. The van der Waals surface area contributed by atoms with Gasteiger partial charge < -0.3 is 10.2 Å². The minimum atomic E-state index is 0.0190. The lowest BCUT2D eigenvalue weighted by atomic mass is 10.2. The van der Waals surface area contributed by atoms with E-state index in [4.69, 9.17) is 0 Å². The highest BCUT2D eigenvalue weighted by Gasteiger charge is 2.13. The highest BCUT2D eigenvalue weighted by Crippen LogP contribution is 2.06. The van der Waals surface area contributed by atoms with Gasteiger partial charge in [-0.1, -0.05) is 0 Å². The van der Waals surface area contributed by atoms with Crippen molar-refractivity contribution in [2.45, 2.75) is 0 Å². The van der Waals surface area contributed by atoms with E-state index in [9.17, 15) is 4.79 Å². The minimum absolute atomic E-state index is 0.0190. The van der Waals surface area contributed by atoms with Gasteiger partial charge in [0.05, 0.1) is 0 Å². The Balaban J connectivity index is 1.70. The smallest absolute Gasteiger partial charge is 0.251 e. The number of likely N-dealkylation sites (N-methyl/N-ethyl adjacent to an activating group) is 1. The van der Waals surface area contributed by atoms with Crippen LogP contribution in [-0.4, -0.2) is 62.0 Å². The van der Waals surface area contributed by atoms with Crippen molar-refractivity contribution in [1.82, 2.24) is 15.1 Å². The van der Waals surface area contributed by atoms with E-state index in [2.05, 4.69) is 44.8 Å². The average Bonchev–Trinajstić information content (AvgIpc) is 2.41. The number of rotatable bonds is 4. The molecule has 19 heavy (non-hydrogen) atoms. The summed E-state index contributed by atoms with van der Waals surface area (Å²) in [6, 6.07) is 7.64. The summed E-state index contributed by atoms with van der Waals surface area (Å²) < 4.78 is 1.14. The van der Waals surface area contributed by atoms with Gasteiger partial charge in [-0.05, 0) is 53.9 Å². The van der Waals surface area contributed by atoms with Crippen molar-refractivity contribution in [2.75, 3.05) is 46.3 Å². The fourth-order valence-corrected chi connectivity index (χ4v) is 2.46. The number of halogens is 1. The number of nitrogens with zero attached hydrogens (tertiary/aromatic N) is 2. The van der Waals surface area contributed by atoms with E-state index in [1.54, 1.807) is 0 Å². The van der Waals surface area contributed by atoms with Crippen molar-refractivity contribution in [3.63, 3.8) is 0 Å². The molecule has 1 amide bonds. The van der Waals surface area contributed by atoms with Crippen LogP contribution in [0.2, 0.25) is 0 Å². The molecular weight excluding hydrogens is 353 g/mol. The molecule has 0 radical (unpaired) electrons. The van der Waals surface area contributed by atoms with Crippen LogP contribution in [0.15, 0.2) is 24.3 Å². The van der Waals surface area contributed by atoms with E-state index in [1.807, 2.05) is 24.3 Å². The summed E-state index contributed by atoms with van der Waals surface area (Å²) in [5.41, 5.74) is 0.735. The molecule has 0 aromatic heterocycles. The summed E-state index contributed by atoms with van der Waals surface area (Å²) in [6.07, 6.45) is 0. The maximum Gasteiger partial charge on any atom is 0.251 e. The molecule has 1 N–H and O–H groups in total. The van der Waals surface area contributed by atoms with Crippen LogP contribution in [0, 0.1) is 3.57 Å². The topological polar surface area (TPSA) is 35.6 Å². The van der Waals surface area contributed by atoms with Crippen molar-refractivity contribution in [1.29, 1.82) is 0 Å². The SMILES string of the molecule is CN1CCN(CCNC(=O)c2ccc(I)cc2)CC1. The molecule has 0 aliphatic carbocycles. The normalized spacial score (nSPS) is 17.4. The molecule has 0 unspecified atom stereocenters. The third kappa shape index (κ3) is 4.74. The Morgan fingerprint density at radius 3 is 2.47 bits per heavy atom. The molecule has 0 saturated carbocycles. The third-order valence-corrected chi connectivity index (χ3v) is 4.14. The average molecular weight is 373 g/mol. The summed E-state index contributed by atoms with van der Waals surface area (Å²) in [6.45, 7) is 6.07. The van der Waals surface area contributed by atoms with Gasteiger partial charge in [-0.25, -0.2) is 0 Å². The van der Waals surface area contributed by atoms with Gasteiger partial charge in [-0.2, -0.15) is 0 Å². The first-order chi connectivity index (χ1) is 9.15. The number of hydrogen-bond acceptors (Lipinski definition) is 3. The lowest BCUT2D eigenvalue weighted by molar-refractivity contribution is 0.0941. The number of amides is 1. The van der Waals surface area contributed by atoms with Crippen LogP contribution in [0.3, 0.4) is 0 Å². The molecule has 0 bridgehead atoms. The van der Waals surface area contributed by atoms with Crippen molar-refractivity contribution >= 4 is 28.5 Å². The van der Waals surface area contributed by atoms with Gasteiger partial charge in [0.25, 0.3) is 5.91 Å². The minimum Gasteiger partial charge on any atom is -0.351 e. The Kier molecular flexibility index (Phi) is 5.59. The zero-order valence-corrected chi connectivity index (χ0v) is 13.4. The maximum atomic E-state index is 11.9. The van der Waals surface area contributed by atoms with E-state index in [1.165, 1.54) is 0 Å². The fourth-order valence-electron chi connectivity index (χ4n) is 2.10. The first kappa shape index (κ1) is 14.7. The second-order valence-corrected chi connectivity index (χ2v) is 6.15. The van der Waals surface area contributed by atoms with Gasteiger partial charge in [0.15, 0.2) is 0 Å². The Labute approximate surface area is 128 Å². The van der Waals surface area contributed by atoms with Crippen LogP contribution >= 0.6 is 22.6 Å². The number of nitrogens with one attached hydrogen (secondary N) is 1. The predicted octanol–water partition coefficient (Wildman–Crippen LogP) is 1.27. The predicted molar refractivity (Wildman–Crippen MR) is 85.4 cm³/mol. The Bertz CT molecular complexity index is 413. The van der Waals surface area contributed by atoms with Crippen molar-refractivity contribution < 1.29 is 4.79 Å². The van der Waals surface area contributed by atoms with Crippen molar-refractivity contribution in [3.8, 4) is 0 Å². The van der Waals surface area contributed by atoms with Gasteiger partial charge in [0, 0.05) is 48.4 Å². The molecule has 0 spiro atoms. The summed E-state index contributed by atoms with van der Waals surface area (Å²) in [4.78, 5) is 16.6. The van der Waals surface area contributed by atoms with E-state index in [-0.39, 0.29) is 5.91 Å². The monoisotopic (exact) mass is 373 g/mol. The summed E-state index contributed by atoms with van der Waals surface area (Å²) >= 11 is 2.24. The van der Waals surface area contributed by atoms with Crippen molar-refractivity contribution in [3.05, 3.63) is 33.4 Å². The summed E-state index contributed by atoms with van der Waals surface area (Å²) in [5.74, 6) is 0.0190. The molecule has 1 saturated heterocycles. The molecule has 5 heteroatoms. The largest absolute Gasteiger partial charge is 0.351 e. The van der Waals surface area contributed by atoms with Crippen LogP contribution in [-0.2, 0) is 0 Å². The van der Waals surface area contributed by atoms with Crippen LogP contribution in [0.25, 0.3) is 0 Å². The molecule has 2 rings (SSSR count). The fraction of sp³-hybridized carbons (Fsp3) is 0.500. The van der Waals surface area contributed by atoms with Gasteiger partial charge in [-0.15, -0.1) is 0 Å². The quantitative estimate of drug-likeness (QED) is 0.808. The van der Waals surface area contributed by atoms with E-state index < -0.39 is 0 Å². The van der Waals surface area contributed by atoms with Crippen LogP contribution in [0.4, 0.5) is 0 Å². The van der Waals surface area contributed by atoms with Crippen LogP contribution < -0.4 is 5.32 Å². The Hall–Kier alpha value is -0.660. The second-order valence-electron chi connectivity index (χ2n) is 4.91. The zero-order chi connectivity index (χ0) is 13.7. The Morgan fingerprint density at radius 1 is 1.21 bits per heavy atom. The van der Waals surface area contributed by atoms with Crippen LogP contribution in [0.5, 0.6) is 0 Å². The molecule has 1 aromatic rings. The molecule has 1 fully saturated rings. The molecule has 1 aliphatic rings. The lowest BCUT2D eigenvalue weighted by Gasteiger charge is -2.32. The third-order valence-electron chi connectivity index (χ3n) is 3.42. The summed E-state index contributed by atoms with van der Waals surface area (Å²) in [7, 11) is 2.15. The molecule has 4 nitrogen and oxygen atoms in total.